The molecular formula is C12H20N2OS. The first kappa shape index (κ1) is 13.0. The van der Waals surface area contributed by atoms with E-state index in [4.69, 9.17) is 0 Å². The van der Waals surface area contributed by atoms with Crippen molar-refractivity contribution in [2.24, 2.45) is 0 Å². The van der Waals surface area contributed by atoms with Gasteiger partial charge in [-0.3, -0.25) is 0 Å². The van der Waals surface area contributed by atoms with Gasteiger partial charge in [0.25, 0.3) is 0 Å². The zero-order valence-corrected chi connectivity index (χ0v) is 11.1. The van der Waals surface area contributed by atoms with Crippen LogP contribution >= 0.6 is 11.3 Å². The number of urea groups is 1. The molecule has 1 aromatic heterocycles. The summed E-state index contributed by atoms with van der Waals surface area (Å²) in [7, 11) is 0. The summed E-state index contributed by atoms with van der Waals surface area (Å²) in [5.74, 6) is 0. The van der Waals surface area contributed by atoms with Crippen molar-refractivity contribution in [1.29, 1.82) is 0 Å². The third kappa shape index (κ3) is 3.23. The molecule has 0 spiro atoms. The van der Waals surface area contributed by atoms with Crippen molar-refractivity contribution in [2.45, 2.75) is 33.7 Å². The van der Waals surface area contributed by atoms with E-state index in [0.29, 0.717) is 6.54 Å². The fraction of sp³-hybridized carbons (Fsp3) is 0.583. The second kappa shape index (κ2) is 6.53. The summed E-state index contributed by atoms with van der Waals surface area (Å²) in [6, 6.07) is 2.16. The largest absolute Gasteiger partial charge is 0.333 e. The van der Waals surface area contributed by atoms with Crippen LogP contribution in [-0.4, -0.2) is 24.0 Å². The first-order valence-corrected chi connectivity index (χ1v) is 6.68. The van der Waals surface area contributed by atoms with E-state index in [1.165, 1.54) is 10.4 Å². The van der Waals surface area contributed by atoms with Crippen molar-refractivity contribution >= 4 is 17.4 Å². The highest BCUT2D eigenvalue weighted by atomic mass is 32.1. The molecule has 0 atom stereocenters. The van der Waals surface area contributed by atoms with Crippen LogP contribution in [0.2, 0.25) is 0 Å². The lowest BCUT2D eigenvalue weighted by Crippen LogP contribution is -2.39. The van der Waals surface area contributed by atoms with Crippen molar-refractivity contribution in [3.63, 3.8) is 0 Å². The second-order valence-electron chi connectivity index (χ2n) is 3.55. The SMILES string of the molecule is CCc1ccsc1CNC(=O)N(CC)CC. The fourth-order valence-electron chi connectivity index (χ4n) is 1.62. The number of carbonyl (C=O) groups excluding carboxylic acids is 1. The summed E-state index contributed by atoms with van der Waals surface area (Å²) in [5.41, 5.74) is 1.34. The van der Waals surface area contributed by atoms with E-state index in [-0.39, 0.29) is 6.03 Å². The maximum absolute atomic E-state index is 11.7. The predicted octanol–water partition coefficient (Wildman–Crippen LogP) is 2.86. The molecule has 0 aliphatic rings. The molecule has 0 aromatic carbocycles. The van der Waals surface area contributed by atoms with E-state index in [1.807, 2.05) is 13.8 Å². The molecule has 4 heteroatoms. The van der Waals surface area contributed by atoms with Gasteiger partial charge in [-0.15, -0.1) is 11.3 Å². The molecule has 0 fully saturated rings. The van der Waals surface area contributed by atoms with Gasteiger partial charge in [-0.2, -0.15) is 0 Å². The van der Waals surface area contributed by atoms with Crippen LogP contribution in [0.4, 0.5) is 4.79 Å². The number of amides is 2. The Labute approximate surface area is 101 Å². The molecule has 0 saturated carbocycles. The van der Waals surface area contributed by atoms with E-state index < -0.39 is 0 Å². The van der Waals surface area contributed by atoms with Crippen molar-refractivity contribution < 1.29 is 4.79 Å². The molecule has 1 rings (SSSR count). The highest BCUT2D eigenvalue weighted by Gasteiger charge is 2.09. The fourth-order valence-corrected chi connectivity index (χ4v) is 2.53. The van der Waals surface area contributed by atoms with Gasteiger partial charge < -0.3 is 10.2 Å². The molecule has 1 heterocycles. The number of nitrogens with zero attached hydrogens (tertiary/aromatic N) is 1. The molecule has 2 amide bonds. The van der Waals surface area contributed by atoms with Crippen LogP contribution in [0.3, 0.4) is 0 Å². The number of nitrogens with one attached hydrogen (secondary N) is 1. The maximum atomic E-state index is 11.7. The van der Waals surface area contributed by atoms with E-state index in [9.17, 15) is 4.79 Å². The van der Waals surface area contributed by atoms with Gasteiger partial charge in [-0.1, -0.05) is 6.92 Å². The summed E-state index contributed by atoms with van der Waals surface area (Å²) in [6.07, 6.45) is 1.03. The average Bonchev–Trinajstić information content (AvgIpc) is 2.75. The molecule has 1 aromatic rings. The summed E-state index contributed by atoms with van der Waals surface area (Å²) in [4.78, 5) is 14.8. The minimum atomic E-state index is 0.0282. The molecular weight excluding hydrogens is 220 g/mol. The lowest BCUT2D eigenvalue weighted by atomic mass is 10.2. The maximum Gasteiger partial charge on any atom is 0.317 e. The molecule has 0 aliphatic heterocycles. The van der Waals surface area contributed by atoms with Gasteiger partial charge in [-0.05, 0) is 37.3 Å². The van der Waals surface area contributed by atoms with Crippen LogP contribution in [0.5, 0.6) is 0 Å². The molecule has 3 nitrogen and oxygen atoms in total. The van der Waals surface area contributed by atoms with Crippen LogP contribution in [0.25, 0.3) is 0 Å². The number of hydrogen-bond donors (Lipinski definition) is 1. The zero-order chi connectivity index (χ0) is 12.0. The molecule has 0 unspecified atom stereocenters. The Bertz CT molecular complexity index is 332. The summed E-state index contributed by atoms with van der Waals surface area (Å²) < 4.78 is 0. The molecule has 0 bridgehead atoms. The van der Waals surface area contributed by atoms with Gasteiger partial charge in [0.1, 0.15) is 0 Å². The molecule has 16 heavy (non-hydrogen) atoms. The van der Waals surface area contributed by atoms with Gasteiger partial charge in [0.15, 0.2) is 0 Å². The summed E-state index contributed by atoms with van der Waals surface area (Å²) >= 11 is 1.71. The third-order valence-corrected chi connectivity index (χ3v) is 3.63. The van der Waals surface area contributed by atoms with Crippen molar-refractivity contribution in [1.82, 2.24) is 10.2 Å². The Balaban J connectivity index is 2.48. The smallest absolute Gasteiger partial charge is 0.317 e. The Kier molecular flexibility index (Phi) is 5.32. The second-order valence-corrected chi connectivity index (χ2v) is 4.55. The van der Waals surface area contributed by atoms with Crippen LogP contribution in [0.15, 0.2) is 11.4 Å². The van der Waals surface area contributed by atoms with E-state index in [2.05, 4.69) is 23.7 Å². The normalized spacial score (nSPS) is 10.2. The zero-order valence-electron chi connectivity index (χ0n) is 10.2. The average molecular weight is 240 g/mol. The first-order valence-electron chi connectivity index (χ1n) is 5.80. The number of rotatable bonds is 5. The van der Waals surface area contributed by atoms with E-state index in [1.54, 1.807) is 16.2 Å². The Morgan fingerprint density at radius 3 is 2.62 bits per heavy atom. The first-order chi connectivity index (χ1) is 7.72. The minimum absolute atomic E-state index is 0.0282. The number of hydrogen-bond acceptors (Lipinski definition) is 2. The van der Waals surface area contributed by atoms with Gasteiger partial charge in [-0.25, -0.2) is 4.79 Å². The van der Waals surface area contributed by atoms with Crippen LogP contribution in [0.1, 0.15) is 31.2 Å². The Morgan fingerprint density at radius 2 is 2.06 bits per heavy atom. The lowest BCUT2D eigenvalue weighted by Gasteiger charge is -2.19. The quantitative estimate of drug-likeness (QED) is 0.843. The molecule has 1 N–H and O–H groups in total. The summed E-state index contributed by atoms with van der Waals surface area (Å²) in [5, 5.41) is 5.04. The minimum Gasteiger partial charge on any atom is -0.333 e. The standard InChI is InChI=1S/C12H20N2OS/c1-4-10-7-8-16-11(10)9-13-12(15)14(5-2)6-3/h7-8H,4-6,9H2,1-3H3,(H,13,15). The Morgan fingerprint density at radius 1 is 1.38 bits per heavy atom. The van der Waals surface area contributed by atoms with Gasteiger partial charge in [0.2, 0.25) is 0 Å². The van der Waals surface area contributed by atoms with E-state index in [0.717, 1.165) is 19.5 Å². The third-order valence-electron chi connectivity index (χ3n) is 2.67. The lowest BCUT2D eigenvalue weighted by molar-refractivity contribution is 0.203. The van der Waals surface area contributed by atoms with Gasteiger partial charge in [0, 0.05) is 18.0 Å². The number of aryl methyl sites for hydroxylation is 1. The highest BCUT2D eigenvalue weighted by Crippen LogP contribution is 2.16. The molecule has 0 saturated heterocycles. The van der Waals surface area contributed by atoms with Gasteiger partial charge >= 0.3 is 6.03 Å². The predicted molar refractivity (Wildman–Crippen MR) is 68.9 cm³/mol. The van der Waals surface area contributed by atoms with Crippen LogP contribution in [0, 0.1) is 0 Å². The number of carbonyl (C=O) groups is 1. The van der Waals surface area contributed by atoms with Crippen molar-refractivity contribution in [3.8, 4) is 0 Å². The monoisotopic (exact) mass is 240 g/mol. The van der Waals surface area contributed by atoms with Crippen LogP contribution < -0.4 is 5.32 Å². The van der Waals surface area contributed by atoms with Crippen molar-refractivity contribution in [2.75, 3.05) is 13.1 Å². The topological polar surface area (TPSA) is 32.3 Å². The summed E-state index contributed by atoms with van der Waals surface area (Å²) in [6.45, 7) is 8.28. The molecule has 0 radical (unpaired) electrons. The highest BCUT2D eigenvalue weighted by molar-refractivity contribution is 7.10. The van der Waals surface area contributed by atoms with E-state index >= 15 is 0 Å². The van der Waals surface area contributed by atoms with Crippen LogP contribution in [-0.2, 0) is 13.0 Å². The Hall–Kier alpha value is -1.03. The number of thiophene rings is 1. The van der Waals surface area contributed by atoms with Gasteiger partial charge in [0.05, 0.1) is 6.54 Å². The molecule has 0 aliphatic carbocycles. The molecule has 90 valence electrons. The van der Waals surface area contributed by atoms with Crippen molar-refractivity contribution in [3.05, 3.63) is 21.9 Å².